The number of ether oxygens (including phenoxy) is 1. The fraction of sp³-hybridized carbons (Fsp3) is 0.574. The Bertz CT molecular complexity index is 2490. The highest BCUT2D eigenvalue weighted by Gasteiger charge is 2.50. The van der Waals surface area contributed by atoms with E-state index in [2.05, 4.69) is 31.6 Å². The molecule has 10 amide bonds. The Kier molecular flexibility index (Phi) is 25.2. The van der Waals surface area contributed by atoms with Crippen LogP contribution >= 0.6 is 12.6 Å². The summed E-state index contributed by atoms with van der Waals surface area (Å²) in [5.41, 5.74) is 30.5. The van der Waals surface area contributed by atoms with Gasteiger partial charge in [0.1, 0.15) is 42.0 Å². The summed E-state index contributed by atoms with van der Waals surface area (Å²) in [5, 5.41) is 12.7. The molecule has 1 saturated heterocycles. The number of likely N-dealkylation sites (tertiary alicyclic amines) is 1. The van der Waals surface area contributed by atoms with Crippen LogP contribution in [0.4, 0.5) is 0 Å². The van der Waals surface area contributed by atoms with Crippen LogP contribution < -0.4 is 60.0 Å². The molecule has 1 heterocycles. The first kappa shape index (κ1) is 64.4. The highest BCUT2D eigenvalue weighted by Crippen LogP contribution is 2.39. The van der Waals surface area contributed by atoms with Crippen LogP contribution in [0.5, 0.6) is 5.75 Å². The molecule has 0 spiro atoms. The van der Waals surface area contributed by atoms with Crippen LogP contribution in [-0.4, -0.2) is 148 Å². The van der Waals surface area contributed by atoms with Gasteiger partial charge in [-0.25, -0.2) is 0 Å². The topological polar surface area (TPSA) is 389 Å². The highest BCUT2D eigenvalue weighted by molar-refractivity contribution is 7.82. The summed E-state index contributed by atoms with van der Waals surface area (Å²) < 4.78 is 4.06. The van der Waals surface area contributed by atoms with E-state index < -0.39 is 124 Å². The van der Waals surface area contributed by atoms with Gasteiger partial charge in [-0.3, -0.25) is 63.2 Å². The van der Waals surface area contributed by atoms with Crippen LogP contribution in [0.2, 0.25) is 0 Å². The molecule has 434 valence electrons. The van der Waals surface area contributed by atoms with Crippen molar-refractivity contribution < 1.29 is 52.7 Å². The average Bonchev–Trinajstić information content (AvgIpc) is 3.91. The molecule has 0 aromatic heterocycles. The molecule has 1 saturated carbocycles. The molecule has 1 aliphatic carbocycles. The third-order valence-corrected chi connectivity index (χ3v) is 14.6. The second kappa shape index (κ2) is 30.9. The van der Waals surface area contributed by atoms with E-state index in [1.807, 2.05) is 6.92 Å². The number of rotatable bonds is 28. The Morgan fingerprint density at radius 2 is 1.38 bits per heavy atom. The number of nitrogens with two attached hydrogens (primary N) is 5. The zero-order valence-corrected chi connectivity index (χ0v) is 46.8. The summed E-state index contributed by atoms with van der Waals surface area (Å²) in [4.78, 5) is 146. The molecule has 1 unspecified atom stereocenters. The van der Waals surface area contributed by atoms with Gasteiger partial charge in [-0.2, -0.15) is 12.6 Å². The van der Waals surface area contributed by atoms with Gasteiger partial charge in [-0.15, -0.1) is 0 Å². The number of nitrogens with one attached hydrogen (secondary N) is 5. The smallest absolute Gasteiger partial charge is 0.252 e. The van der Waals surface area contributed by atoms with E-state index in [0.717, 1.165) is 18.9 Å². The minimum Gasteiger partial charge on any atom is -0.494 e. The number of guanidine groups is 1. The SMILES string of the molecule is CCOc1ccc(C[C@H](N)C(=O)N[C@@H](Cc2ccccc2)C(=O)N[C@H](C(=O)N[C@@H](CC(N)=O)C(=O)NC(=O)[C@@H](N(C(C)=O)C(=O)[C@H](CCCN=C(N)N)NC(=O)[C@@H]2CCCN2C(=O)C(N)CC)C2(S)CCCCC2)C(C)C)cc1. The standard InChI is InChI=1S/C54H81N13O11S/c1-6-36(55)51(76)66-27-15-19-41(66)48(73)61-38(18-14-26-60-53(58)59)52(77)67(32(5)68)44(54(79)24-12-9-13-25-54)50(75)65-47(72)40(30-42(57)69)63-49(74)43(31(3)4)64-46(71)39(29-33-16-10-8-11-17-33)62-45(70)37(56)28-34-20-22-35(23-21-34)78-7-2/h8,10-11,16-17,20-23,31,36-41,43-44,79H,6-7,9,12-15,18-19,24-30,55-56H2,1-5H3,(H2,57,69)(H,61,73)(H,62,70)(H,63,74)(H,64,71)(H4,58,59,60)(H,65,72,75)/t36?,37-,38-,39-,40-,41-,43-,44+/m0/s1. The zero-order valence-electron chi connectivity index (χ0n) is 45.9. The van der Waals surface area contributed by atoms with Crippen LogP contribution in [0.15, 0.2) is 59.6 Å². The summed E-state index contributed by atoms with van der Waals surface area (Å²) in [7, 11) is 0. The normalized spacial score (nSPS) is 17.5. The number of amides is 10. The molecule has 8 atom stereocenters. The Labute approximate surface area is 467 Å². The maximum atomic E-state index is 15.0. The quantitative estimate of drug-likeness (QED) is 0.0221. The highest BCUT2D eigenvalue weighted by atomic mass is 32.1. The van der Waals surface area contributed by atoms with Crippen LogP contribution in [0, 0.1) is 5.92 Å². The largest absolute Gasteiger partial charge is 0.494 e. The molecular formula is C54H81N13O11S. The van der Waals surface area contributed by atoms with Crippen molar-refractivity contribution in [1.82, 2.24) is 36.4 Å². The second-order valence-corrected chi connectivity index (χ2v) is 21.4. The van der Waals surface area contributed by atoms with Crippen LogP contribution in [-0.2, 0) is 60.8 Å². The van der Waals surface area contributed by atoms with Gasteiger partial charge in [0.15, 0.2) is 5.96 Å². The lowest BCUT2D eigenvalue weighted by molar-refractivity contribution is -0.155. The van der Waals surface area contributed by atoms with Crippen molar-refractivity contribution in [2.75, 3.05) is 19.7 Å². The van der Waals surface area contributed by atoms with Crippen molar-refractivity contribution in [3.8, 4) is 5.75 Å². The first-order chi connectivity index (χ1) is 37.4. The molecule has 2 aliphatic rings. The molecule has 2 fully saturated rings. The van der Waals surface area contributed by atoms with E-state index in [1.165, 1.54) is 4.90 Å². The van der Waals surface area contributed by atoms with Gasteiger partial charge >= 0.3 is 0 Å². The summed E-state index contributed by atoms with van der Waals surface area (Å²) >= 11 is 4.94. The van der Waals surface area contributed by atoms with E-state index in [9.17, 15) is 47.9 Å². The number of carbonyl (C=O) groups excluding carboxylic acids is 10. The number of hydrogen-bond acceptors (Lipinski definition) is 15. The Balaban J connectivity index is 1.62. The molecule has 1 aliphatic heterocycles. The first-order valence-electron chi connectivity index (χ1n) is 26.9. The van der Waals surface area contributed by atoms with Crippen molar-refractivity contribution in [3.05, 3.63) is 65.7 Å². The van der Waals surface area contributed by atoms with Crippen LogP contribution in [0.25, 0.3) is 0 Å². The van der Waals surface area contributed by atoms with E-state index in [0.29, 0.717) is 48.5 Å². The molecule has 4 rings (SSSR count). The molecule has 24 nitrogen and oxygen atoms in total. The minimum atomic E-state index is -1.85. The van der Waals surface area contributed by atoms with Gasteiger partial charge in [0.2, 0.25) is 47.3 Å². The van der Waals surface area contributed by atoms with Gasteiger partial charge in [0.05, 0.1) is 25.1 Å². The summed E-state index contributed by atoms with van der Waals surface area (Å²) in [6.45, 7) is 8.55. The summed E-state index contributed by atoms with van der Waals surface area (Å²) in [6.07, 6.45) is 2.40. The zero-order chi connectivity index (χ0) is 58.6. The third kappa shape index (κ3) is 19.0. The van der Waals surface area contributed by atoms with Crippen molar-refractivity contribution >= 4 is 77.7 Å². The number of thiol groups is 1. The van der Waals surface area contributed by atoms with Crippen molar-refractivity contribution in [2.45, 2.75) is 171 Å². The molecule has 0 bridgehead atoms. The van der Waals surface area contributed by atoms with Gasteiger partial charge in [0, 0.05) is 31.2 Å². The molecule has 2 aromatic carbocycles. The monoisotopic (exact) mass is 1120 g/mol. The van der Waals surface area contributed by atoms with Crippen molar-refractivity contribution in [1.29, 1.82) is 0 Å². The van der Waals surface area contributed by atoms with Crippen LogP contribution in [0.3, 0.4) is 0 Å². The molecule has 15 N–H and O–H groups in total. The second-order valence-electron chi connectivity index (χ2n) is 20.5. The predicted octanol–water partition coefficient (Wildman–Crippen LogP) is -0.531. The number of primary amides is 1. The lowest BCUT2D eigenvalue weighted by Gasteiger charge is -2.44. The molecule has 2 aromatic rings. The Hall–Kier alpha value is -7.12. The molecule has 79 heavy (non-hydrogen) atoms. The predicted molar refractivity (Wildman–Crippen MR) is 298 cm³/mol. The molecule has 0 radical (unpaired) electrons. The maximum Gasteiger partial charge on any atom is 0.252 e. The van der Waals surface area contributed by atoms with E-state index in [-0.39, 0.29) is 64.0 Å². The number of benzene rings is 2. The maximum absolute atomic E-state index is 15.0. The average molecular weight is 1120 g/mol. The molecular weight excluding hydrogens is 1040 g/mol. The number of carbonyl (C=O) groups is 10. The fourth-order valence-corrected chi connectivity index (χ4v) is 10.3. The fourth-order valence-electron chi connectivity index (χ4n) is 9.70. The van der Waals surface area contributed by atoms with Gasteiger partial charge in [0.25, 0.3) is 11.8 Å². The Morgan fingerprint density at radius 1 is 0.747 bits per heavy atom. The summed E-state index contributed by atoms with van der Waals surface area (Å²) in [5.74, 6) is -9.32. The van der Waals surface area contributed by atoms with E-state index >= 15 is 0 Å². The third-order valence-electron chi connectivity index (χ3n) is 13.9. The number of imide groups is 2. The lowest BCUT2D eigenvalue weighted by Crippen LogP contribution is -2.66. The number of nitrogens with zero attached hydrogens (tertiary/aromatic N) is 3. The van der Waals surface area contributed by atoms with E-state index in [4.69, 9.17) is 46.0 Å². The minimum absolute atomic E-state index is 0.0102. The van der Waals surface area contributed by atoms with Gasteiger partial charge in [-0.05, 0) is 87.5 Å². The van der Waals surface area contributed by atoms with Crippen molar-refractivity contribution in [2.24, 2.45) is 39.6 Å². The molecule has 25 heteroatoms. The van der Waals surface area contributed by atoms with Gasteiger partial charge < -0.3 is 59.6 Å². The van der Waals surface area contributed by atoms with E-state index in [1.54, 1.807) is 75.4 Å². The number of hydrogen-bond donors (Lipinski definition) is 11. The number of aliphatic imine (C=N–C) groups is 1. The van der Waals surface area contributed by atoms with Crippen molar-refractivity contribution in [3.63, 3.8) is 0 Å². The summed E-state index contributed by atoms with van der Waals surface area (Å²) in [6, 6.07) is 5.06. The lowest BCUT2D eigenvalue weighted by atomic mass is 9.81. The first-order valence-corrected chi connectivity index (χ1v) is 27.4. The Morgan fingerprint density at radius 3 is 1.96 bits per heavy atom. The van der Waals surface area contributed by atoms with Gasteiger partial charge in [-0.1, -0.05) is 82.5 Å². The van der Waals surface area contributed by atoms with Crippen LogP contribution in [0.1, 0.15) is 116 Å².